The monoisotopic (exact) mass is 180 g/mol. The van der Waals surface area contributed by atoms with Crippen molar-refractivity contribution < 1.29 is 22.7 Å². The molecule has 0 N–H and O–H groups in total. The van der Waals surface area contributed by atoms with Gasteiger partial charge < -0.3 is 4.74 Å². The van der Waals surface area contributed by atoms with Gasteiger partial charge in [-0.05, 0) is 13.0 Å². The van der Waals surface area contributed by atoms with E-state index in [0.717, 1.165) is 12.2 Å². The molecule has 0 aromatic rings. The average molecular weight is 180 g/mol. The van der Waals surface area contributed by atoms with Crippen LogP contribution < -0.4 is 0 Å². The lowest BCUT2D eigenvalue weighted by atomic mass is 10.0. The van der Waals surface area contributed by atoms with Gasteiger partial charge in [-0.15, -0.1) is 0 Å². The van der Waals surface area contributed by atoms with Crippen LogP contribution in [0, 0.1) is 0 Å². The highest BCUT2D eigenvalue weighted by molar-refractivity contribution is 5.85. The van der Waals surface area contributed by atoms with Gasteiger partial charge in [0.05, 0.1) is 6.42 Å². The van der Waals surface area contributed by atoms with Gasteiger partial charge >= 0.3 is 12.1 Å². The summed E-state index contributed by atoms with van der Waals surface area (Å²) in [5.41, 5.74) is -1.50. The maximum Gasteiger partial charge on any atom is 0.393 e. The van der Waals surface area contributed by atoms with Gasteiger partial charge in [0.1, 0.15) is 5.60 Å². The van der Waals surface area contributed by atoms with Crippen LogP contribution in [0.25, 0.3) is 0 Å². The molecular formula is C7H7F3O2. The summed E-state index contributed by atoms with van der Waals surface area (Å²) in [5, 5.41) is 0. The minimum atomic E-state index is -4.32. The summed E-state index contributed by atoms with van der Waals surface area (Å²) in [7, 11) is 0. The average Bonchev–Trinajstić information content (AvgIpc) is 2.05. The Kier molecular flexibility index (Phi) is 1.89. The summed E-state index contributed by atoms with van der Waals surface area (Å²) in [6.45, 7) is 1.22. The number of carbonyl (C=O) groups is 1. The van der Waals surface area contributed by atoms with Crippen molar-refractivity contribution in [3.8, 4) is 0 Å². The van der Waals surface area contributed by atoms with Crippen molar-refractivity contribution in [2.24, 2.45) is 0 Å². The molecule has 2 nitrogen and oxygen atoms in total. The van der Waals surface area contributed by atoms with Gasteiger partial charge in [-0.2, -0.15) is 13.2 Å². The van der Waals surface area contributed by atoms with Crippen LogP contribution >= 0.6 is 0 Å². The molecule has 0 radical (unpaired) electrons. The normalized spacial score (nSPS) is 29.2. The standard InChI is InChI=1S/C7H7F3O2/c1-6(4-7(8,9)10)3-2-5(11)12-6/h2-3H,4H2,1H3/t6-/m0/s1. The van der Waals surface area contributed by atoms with Crippen LogP contribution in [0.5, 0.6) is 0 Å². The highest BCUT2D eigenvalue weighted by Gasteiger charge is 2.42. The maximum absolute atomic E-state index is 11.9. The fraction of sp³-hybridized carbons (Fsp3) is 0.571. The molecule has 0 fully saturated rings. The van der Waals surface area contributed by atoms with E-state index in [-0.39, 0.29) is 0 Å². The molecule has 0 saturated heterocycles. The van der Waals surface area contributed by atoms with Crippen LogP contribution in [-0.2, 0) is 9.53 Å². The van der Waals surface area contributed by atoms with Crippen LogP contribution in [0.2, 0.25) is 0 Å². The topological polar surface area (TPSA) is 26.3 Å². The predicted molar refractivity (Wildman–Crippen MR) is 34.3 cm³/mol. The van der Waals surface area contributed by atoms with Crippen molar-refractivity contribution in [3.05, 3.63) is 12.2 Å². The Bertz CT molecular complexity index is 231. The molecule has 0 unspecified atom stereocenters. The lowest BCUT2D eigenvalue weighted by Gasteiger charge is -2.22. The van der Waals surface area contributed by atoms with Crippen molar-refractivity contribution in [1.82, 2.24) is 0 Å². The zero-order chi connectivity index (χ0) is 9.41. The molecule has 0 aliphatic carbocycles. The van der Waals surface area contributed by atoms with E-state index in [4.69, 9.17) is 0 Å². The lowest BCUT2D eigenvalue weighted by molar-refractivity contribution is -0.176. The third-order valence-corrected chi connectivity index (χ3v) is 1.46. The molecule has 0 aromatic carbocycles. The molecule has 0 bridgehead atoms. The van der Waals surface area contributed by atoms with E-state index in [1.54, 1.807) is 0 Å². The van der Waals surface area contributed by atoms with Crippen LogP contribution in [0.3, 0.4) is 0 Å². The number of hydrogen-bond acceptors (Lipinski definition) is 2. The quantitative estimate of drug-likeness (QED) is 0.575. The zero-order valence-corrected chi connectivity index (χ0v) is 6.31. The van der Waals surface area contributed by atoms with Gasteiger partial charge in [0.15, 0.2) is 0 Å². The second kappa shape index (κ2) is 2.50. The molecule has 1 atom stereocenters. The van der Waals surface area contributed by atoms with Crippen molar-refractivity contribution in [2.75, 3.05) is 0 Å². The first-order valence-electron chi connectivity index (χ1n) is 3.30. The number of halogens is 3. The Morgan fingerprint density at radius 3 is 2.50 bits per heavy atom. The minimum absolute atomic E-state index is 0.721. The minimum Gasteiger partial charge on any atom is -0.452 e. The number of alkyl halides is 3. The van der Waals surface area contributed by atoms with Gasteiger partial charge in [-0.1, -0.05) is 0 Å². The Labute approximate surface area is 67.0 Å². The van der Waals surface area contributed by atoms with E-state index in [9.17, 15) is 18.0 Å². The number of hydrogen-bond donors (Lipinski definition) is 0. The first-order valence-corrected chi connectivity index (χ1v) is 3.30. The molecule has 0 spiro atoms. The van der Waals surface area contributed by atoms with Gasteiger partial charge in [-0.3, -0.25) is 0 Å². The summed E-state index contributed by atoms with van der Waals surface area (Å²) in [5.74, 6) is -0.721. The molecule has 0 amide bonds. The highest BCUT2D eigenvalue weighted by Crippen LogP contribution is 2.33. The van der Waals surface area contributed by atoms with Crippen LogP contribution in [-0.4, -0.2) is 17.7 Å². The van der Waals surface area contributed by atoms with E-state index in [2.05, 4.69) is 4.74 Å². The fourth-order valence-corrected chi connectivity index (χ4v) is 1.04. The first-order chi connectivity index (χ1) is 5.31. The fourth-order valence-electron chi connectivity index (χ4n) is 1.04. The lowest BCUT2D eigenvalue weighted by Crippen LogP contribution is -2.30. The summed E-state index contributed by atoms with van der Waals surface area (Å²) >= 11 is 0. The number of ether oxygens (including phenoxy) is 1. The molecule has 1 aliphatic rings. The highest BCUT2D eigenvalue weighted by atomic mass is 19.4. The van der Waals surface area contributed by atoms with E-state index < -0.39 is 24.2 Å². The molecule has 12 heavy (non-hydrogen) atoms. The third kappa shape index (κ3) is 2.25. The van der Waals surface area contributed by atoms with Crippen LogP contribution in [0.15, 0.2) is 12.2 Å². The van der Waals surface area contributed by atoms with E-state index in [1.807, 2.05) is 0 Å². The predicted octanol–water partition coefficient (Wildman–Crippen LogP) is 1.81. The number of cyclic esters (lactones) is 1. The smallest absolute Gasteiger partial charge is 0.393 e. The Morgan fingerprint density at radius 2 is 2.17 bits per heavy atom. The molecule has 5 heteroatoms. The Hall–Kier alpha value is -1.00. The van der Waals surface area contributed by atoms with E-state index in [0.29, 0.717) is 0 Å². The Balaban J connectivity index is 2.64. The van der Waals surface area contributed by atoms with Gasteiger partial charge in [0.25, 0.3) is 0 Å². The Morgan fingerprint density at radius 1 is 1.58 bits per heavy atom. The van der Waals surface area contributed by atoms with E-state index in [1.165, 1.54) is 6.92 Å². The van der Waals surface area contributed by atoms with Crippen molar-refractivity contribution in [1.29, 1.82) is 0 Å². The first kappa shape index (κ1) is 9.09. The summed E-state index contributed by atoms with van der Waals surface area (Å²) in [6.07, 6.45) is -3.32. The van der Waals surface area contributed by atoms with Crippen molar-refractivity contribution in [3.63, 3.8) is 0 Å². The summed E-state index contributed by atoms with van der Waals surface area (Å²) in [4.78, 5) is 10.5. The largest absolute Gasteiger partial charge is 0.452 e. The second-order valence-electron chi connectivity index (χ2n) is 2.86. The summed E-state index contributed by atoms with van der Waals surface area (Å²) < 4.78 is 40.0. The molecule has 68 valence electrons. The number of carbonyl (C=O) groups excluding carboxylic acids is 1. The van der Waals surface area contributed by atoms with Gasteiger partial charge in [-0.25, -0.2) is 4.79 Å². The van der Waals surface area contributed by atoms with Crippen LogP contribution in [0.4, 0.5) is 13.2 Å². The molecule has 1 rings (SSSR count). The number of esters is 1. The molecular weight excluding hydrogens is 173 g/mol. The van der Waals surface area contributed by atoms with Crippen molar-refractivity contribution >= 4 is 5.97 Å². The van der Waals surface area contributed by atoms with Crippen molar-refractivity contribution in [2.45, 2.75) is 25.1 Å². The van der Waals surface area contributed by atoms with E-state index >= 15 is 0 Å². The van der Waals surface area contributed by atoms with Crippen LogP contribution in [0.1, 0.15) is 13.3 Å². The molecule has 0 aromatic heterocycles. The molecule has 0 saturated carbocycles. The zero-order valence-electron chi connectivity index (χ0n) is 6.31. The SMILES string of the molecule is C[C@@]1(CC(F)(F)F)C=CC(=O)O1. The molecule has 1 heterocycles. The summed E-state index contributed by atoms with van der Waals surface area (Å²) in [6, 6.07) is 0. The number of rotatable bonds is 1. The second-order valence-corrected chi connectivity index (χ2v) is 2.86. The van der Waals surface area contributed by atoms with Gasteiger partial charge in [0.2, 0.25) is 0 Å². The third-order valence-electron chi connectivity index (χ3n) is 1.46. The maximum atomic E-state index is 11.9. The molecule has 1 aliphatic heterocycles. The van der Waals surface area contributed by atoms with Gasteiger partial charge in [0, 0.05) is 6.08 Å².